The van der Waals surface area contributed by atoms with E-state index < -0.39 is 5.97 Å². The predicted octanol–water partition coefficient (Wildman–Crippen LogP) is -0.446. The zero-order valence-electron chi connectivity index (χ0n) is 11.4. The maximum absolute atomic E-state index is 11.3. The van der Waals surface area contributed by atoms with Crippen LogP contribution in [-0.4, -0.2) is 50.8 Å². The van der Waals surface area contributed by atoms with Gasteiger partial charge < -0.3 is 5.11 Å². The van der Waals surface area contributed by atoms with Crippen molar-refractivity contribution >= 4 is 5.97 Å². The number of hydrogen-bond donors (Lipinski definition) is 1. The molecule has 3 aromatic heterocycles. The van der Waals surface area contributed by atoms with Crippen molar-refractivity contribution in [1.29, 1.82) is 0 Å². The number of hydrogen-bond acceptors (Lipinski definition) is 6. The first-order valence-corrected chi connectivity index (χ1v) is 6.05. The van der Waals surface area contributed by atoms with Gasteiger partial charge in [0.2, 0.25) is 0 Å². The summed E-state index contributed by atoms with van der Waals surface area (Å²) in [5.41, 5.74) is 1.56. The first kappa shape index (κ1) is 13.0. The molecule has 0 saturated heterocycles. The summed E-state index contributed by atoms with van der Waals surface area (Å²) in [7, 11) is 3.50. The van der Waals surface area contributed by atoms with Gasteiger partial charge in [-0.05, 0) is 0 Å². The fourth-order valence-electron chi connectivity index (χ4n) is 2.02. The Morgan fingerprint density at radius 3 is 2.57 bits per heavy atom. The highest BCUT2D eigenvalue weighted by Gasteiger charge is 2.22. The number of carbonyl (C=O) groups is 1. The average Bonchev–Trinajstić information content (AvgIpc) is 3.10. The van der Waals surface area contributed by atoms with Crippen molar-refractivity contribution in [3.8, 4) is 11.3 Å². The zero-order chi connectivity index (χ0) is 15.0. The van der Waals surface area contributed by atoms with Gasteiger partial charge in [-0.15, -0.1) is 10.2 Å². The molecule has 21 heavy (non-hydrogen) atoms. The van der Waals surface area contributed by atoms with Gasteiger partial charge in [-0.3, -0.25) is 9.36 Å². The lowest BCUT2D eigenvalue weighted by molar-refractivity contribution is 0.0691. The van der Waals surface area contributed by atoms with Gasteiger partial charge >= 0.3 is 5.97 Å². The molecule has 3 heterocycles. The average molecular weight is 288 g/mol. The summed E-state index contributed by atoms with van der Waals surface area (Å²) >= 11 is 0. The SMILES string of the molecule is Cn1cc(-c2c(C(=O)O)nnn2Cc2cn(C)nn2)cn1. The molecular formula is C11H12N8O2. The van der Waals surface area contributed by atoms with Crippen LogP contribution in [0.1, 0.15) is 16.2 Å². The fourth-order valence-corrected chi connectivity index (χ4v) is 2.02. The number of carboxylic acids is 1. The monoisotopic (exact) mass is 288 g/mol. The quantitative estimate of drug-likeness (QED) is 0.691. The third-order valence-corrected chi connectivity index (χ3v) is 2.88. The third kappa shape index (κ3) is 2.38. The number of carboxylic acid groups (broad SMARTS) is 1. The van der Waals surface area contributed by atoms with Gasteiger partial charge in [0.25, 0.3) is 0 Å². The van der Waals surface area contributed by atoms with E-state index in [1.165, 1.54) is 4.68 Å². The first-order valence-electron chi connectivity index (χ1n) is 6.05. The molecule has 0 radical (unpaired) electrons. The minimum Gasteiger partial charge on any atom is -0.476 e. The summed E-state index contributed by atoms with van der Waals surface area (Å²) in [6.45, 7) is 0.276. The van der Waals surface area contributed by atoms with E-state index in [4.69, 9.17) is 0 Å². The second kappa shape index (κ2) is 4.81. The molecule has 0 saturated carbocycles. The Labute approximate surface area is 118 Å². The molecular weight excluding hydrogens is 276 g/mol. The molecule has 0 aromatic carbocycles. The summed E-state index contributed by atoms with van der Waals surface area (Å²) in [4.78, 5) is 11.3. The molecule has 3 rings (SSSR count). The van der Waals surface area contributed by atoms with E-state index in [1.54, 1.807) is 42.0 Å². The lowest BCUT2D eigenvalue weighted by atomic mass is 10.2. The van der Waals surface area contributed by atoms with Gasteiger partial charge in [-0.1, -0.05) is 10.4 Å². The summed E-state index contributed by atoms with van der Waals surface area (Å²) in [6, 6.07) is 0. The molecule has 0 aliphatic rings. The van der Waals surface area contributed by atoms with Crippen LogP contribution in [-0.2, 0) is 20.6 Å². The zero-order valence-corrected chi connectivity index (χ0v) is 11.4. The second-order valence-corrected chi connectivity index (χ2v) is 4.54. The Balaban J connectivity index is 2.06. The molecule has 0 aliphatic carbocycles. The van der Waals surface area contributed by atoms with E-state index in [1.807, 2.05) is 0 Å². The Morgan fingerprint density at radius 2 is 2.00 bits per heavy atom. The Hall–Kier alpha value is -3.04. The van der Waals surface area contributed by atoms with Crippen LogP contribution in [0.15, 0.2) is 18.6 Å². The normalized spacial score (nSPS) is 11.0. The highest BCUT2D eigenvalue weighted by atomic mass is 16.4. The molecule has 0 amide bonds. The van der Waals surface area contributed by atoms with Crippen LogP contribution in [0.25, 0.3) is 11.3 Å². The topological polar surface area (TPSA) is 117 Å². The van der Waals surface area contributed by atoms with Gasteiger partial charge in [0.15, 0.2) is 5.69 Å². The van der Waals surface area contributed by atoms with E-state index in [-0.39, 0.29) is 12.2 Å². The third-order valence-electron chi connectivity index (χ3n) is 2.88. The molecule has 108 valence electrons. The Morgan fingerprint density at radius 1 is 1.19 bits per heavy atom. The van der Waals surface area contributed by atoms with E-state index in [0.29, 0.717) is 17.0 Å². The number of aryl methyl sites for hydroxylation is 2. The van der Waals surface area contributed by atoms with Crippen molar-refractivity contribution < 1.29 is 9.90 Å². The van der Waals surface area contributed by atoms with Crippen molar-refractivity contribution in [2.45, 2.75) is 6.54 Å². The lowest BCUT2D eigenvalue weighted by Gasteiger charge is -2.02. The molecule has 0 bridgehead atoms. The molecule has 0 fully saturated rings. The van der Waals surface area contributed by atoms with Gasteiger partial charge in [-0.25, -0.2) is 9.48 Å². The molecule has 10 heteroatoms. The van der Waals surface area contributed by atoms with Crippen LogP contribution in [0.3, 0.4) is 0 Å². The van der Waals surface area contributed by atoms with Crippen molar-refractivity contribution in [3.63, 3.8) is 0 Å². The van der Waals surface area contributed by atoms with Crippen LogP contribution >= 0.6 is 0 Å². The summed E-state index contributed by atoms with van der Waals surface area (Å²) in [5.74, 6) is -1.14. The minimum absolute atomic E-state index is 0.119. The molecule has 0 unspecified atom stereocenters. The predicted molar refractivity (Wildman–Crippen MR) is 69.3 cm³/mol. The summed E-state index contributed by atoms with van der Waals surface area (Å²) in [6.07, 6.45) is 5.01. The van der Waals surface area contributed by atoms with Crippen LogP contribution in [0.5, 0.6) is 0 Å². The van der Waals surface area contributed by atoms with Gasteiger partial charge in [0.1, 0.15) is 11.4 Å². The van der Waals surface area contributed by atoms with Crippen LogP contribution in [0.2, 0.25) is 0 Å². The fraction of sp³-hybridized carbons (Fsp3) is 0.273. The Bertz CT molecular complexity index is 799. The molecule has 3 aromatic rings. The van der Waals surface area contributed by atoms with Gasteiger partial charge in [-0.2, -0.15) is 5.10 Å². The van der Waals surface area contributed by atoms with Crippen LogP contribution in [0, 0.1) is 0 Å². The van der Waals surface area contributed by atoms with E-state index in [9.17, 15) is 9.90 Å². The van der Waals surface area contributed by atoms with Crippen molar-refractivity contribution in [3.05, 3.63) is 30.0 Å². The van der Waals surface area contributed by atoms with Gasteiger partial charge in [0.05, 0.1) is 18.9 Å². The van der Waals surface area contributed by atoms with Crippen LogP contribution in [0.4, 0.5) is 0 Å². The van der Waals surface area contributed by atoms with Crippen molar-refractivity contribution in [1.82, 2.24) is 39.8 Å². The van der Waals surface area contributed by atoms with Crippen molar-refractivity contribution in [2.24, 2.45) is 14.1 Å². The molecule has 10 nitrogen and oxygen atoms in total. The largest absolute Gasteiger partial charge is 0.476 e. The van der Waals surface area contributed by atoms with E-state index >= 15 is 0 Å². The number of aromatic nitrogens is 8. The minimum atomic E-state index is -1.14. The molecule has 0 aliphatic heterocycles. The maximum Gasteiger partial charge on any atom is 0.358 e. The standard InChI is InChI=1S/C11H12N8O2/c1-17-4-7(3-12-17)10-9(11(20)21)14-16-19(10)6-8-5-18(2)15-13-8/h3-5H,6H2,1-2H3,(H,20,21). The van der Waals surface area contributed by atoms with Gasteiger partial charge in [0, 0.05) is 25.9 Å². The highest BCUT2D eigenvalue weighted by Crippen LogP contribution is 2.22. The number of aromatic carboxylic acids is 1. The van der Waals surface area contributed by atoms with E-state index in [0.717, 1.165) is 0 Å². The number of nitrogens with zero attached hydrogens (tertiary/aromatic N) is 8. The summed E-state index contributed by atoms with van der Waals surface area (Å²) in [5, 5.41) is 28.7. The van der Waals surface area contributed by atoms with Crippen LogP contribution < -0.4 is 0 Å². The molecule has 0 spiro atoms. The summed E-state index contributed by atoms with van der Waals surface area (Å²) < 4.78 is 4.62. The van der Waals surface area contributed by atoms with Crippen molar-refractivity contribution in [2.75, 3.05) is 0 Å². The Kier molecular flexibility index (Phi) is 2.97. The molecule has 0 atom stereocenters. The highest BCUT2D eigenvalue weighted by molar-refractivity contribution is 5.92. The first-order chi connectivity index (χ1) is 10.0. The lowest BCUT2D eigenvalue weighted by Crippen LogP contribution is -2.06. The maximum atomic E-state index is 11.3. The van der Waals surface area contributed by atoms with E-state index in [2.05, 4.69) is 25.7 Å². The second-order valence-electron chi connectivity index (χ2n) is 4.54. The molecule has 1 N–H and O–H groups in total. The number of rotatable bonds is 4. The smallest absolute Gasteiger partial charge is 0.358 e.